The van der Waals surface area contributed by atoms with Gasteiger partial charge in [-0.25, -0.2) is 0 Å². The maximum atomic E-state index is 12.2. The van der Waals surface area contributed by atoms with Gasteiger partial charge in [0, 0.05) is 0 Å². The lowest BCUT2D eigenvalue weighted by Gasteiger charge is -2.58. The summed E-state index contributed by atoms with van der Waals surface area (Å²) in [6.45, 7) is 4.42. The largest absolute Gasteiger partial charge is 0.504 e. The second-order valence-corrected chi connectivity index (χ2v) is 9.05. The normalized spacial score (nSPS) is 50.8. The van der Waals surface area contributed by atoms with Crippen LogP contribution in [-0.2, 0) is 4.79 Å². The maximum Gasteiger partial charge on any atom is 0.214 e. The van der Waals surface area contributed by atoms with E-state index in [2.05, 4.69) is 19.9 Å². The van der Waals surface area contributed by atoms with Crippen LogP contribution < -0.4 is 0 Å². The molecule has 2 N–H and O–H groups in total. The van der Waals surface area contributed by atoms with E-state index in [0.29, 0.717) is 24.2 Å². The molecule has 130 valence electrons. The molecule has 24 heavy (non-hydrogen) atoms. The van der Waals surface area contributed by atoms with Crippen molar-refractivity contribution in [1.29, 1.82) is 5.26 Å². The molecule has 0 heterocycles. The lowest BCUT2D eigenvalue weighted by molar-refractivity contribution is -0.125. The fourth-order valence-corrected chi connectivity index (χ4v) is 6.87. The van der Waals surface area contributed by atoms with Crippen molar-refractivity contribution in [3.05, 3.63) is 11.3 Å². The molecule has 0 radical (unpaired) electrons. The number of carbonyl (C=O) groups excluding carboxylic acids is 1. The Morgan fingerprint density at radius 3 is 2.62 bits per heavy atom. The predicted octanol–water partition coefficient (Wildman–Crippen LogP) is 3.51. The number of ketones is 1. The van der Waals surface area contributed by atoms with Crippen LogP contribution in [0.3, 0.4) is 0 Å². The minimum Gasteiger partial charge on any atom is -0.504 e. The van der Waals surface area contributed by atoms with Gasteiger partial charge in [-0.3, -0.25) is 4.79 Å². The van der Waals surface area contributed by atoms with Crippen LogP contribution in [0.5, 0.6) is 0 Å². The van der Waals surface area contributed by atoms with E-state index in [1.807, 2.05) is 0 Å². The van der Waals surface area contributed by atoms with Crippen LogP contribution in [0.25, 0.3) is 0 Å². The van der Waals surface area contributed by atoms with Gasteiger partial charge in [-0.2, -0.15) is 5.26 Å². The standard InChI is InChI=1S/C20H27NO3/c1-19-8-7-14-12(13(19)5-6-16(19)22)3-4-15-18(24)17(23)11(10-21)9-20(14,15)2/h11-14,16,22,24H,3-9H2,1-2H3/t11?,12-,13-,14-,16-,19-,20+/m0/s1. The minimum atomic E-state index is -0.708. The Hall–Kier alpha value is -1.34. The highest BCUT2D eigenvalue weighted by Crippen LogP contribution is 2.65. The van der Waals surface area contributed by atoms with Crippen LogP contribution in [0.15, 0.2) is 11.3 Å². The van der Waals surface area contributed by atoms with E-state index in [9.17, 15) is 20.3 Å². The fraction of sp³-hybridized carbons (Fsp3) is 0.800. The zero-order valence-electron chi connectivity index (χ0n) is 14.6. The lowest BCUT2D eigenvalue weighted by atomic mass is 9.46. The summed E-state index contributed by atoms with van der Waals surface area (Å²) >= 11 is 0. The molecule has 4 aliphatic carbocycles. The van der Waals surface area contributed by atoms with E-state index in [1.165, 1.54) is 0 Å². The third kappa shape index (κ3) is 1.85. The van der Waals surface area contributed by atoms with E-state index >= 15 is 0 Å². The molecule has 0 aromatic carbocycles. The average molecular weight is 329 g/mol. The second kappa shape index (κ2) is 5.08. The molecule has 0 aliphatic heterocycles. The first-order valence-electron chi connectivity index (χ1n) is 9.37. The van der Waals surface area contributed by atoms with Crippen LogP contribution in [0.1, 0.15) is 58.8 Å². The van der Waals surface area contributed by atoms with Crippen molar-refractivity contribution in [2.24, 2.45) is 34.5 Å². The molecule has 4 nitrogen and oxygen atoms in total. The molecule has 0 amide bonds. The van der Waals surface area contributed by atoms with Gasteiger partial charge in [0.2, 0.25) is 5.78 Å². The number of Topliss-reactive ketones (excluding diaryl/α,β-unsaturated/α-hetero) is 1. The molecule has 0 aromatic heterocycles. The summed E-state index contributed by atoms with van der Waals surface area (Å²) in [5, 5.41) is 30.3. The van der Waals surface area contributed by atoms with Crippen molar-refractivity contribution in [1.82, 2.24) is 0 Å². The van der Waals surface area contributed by atoms with Gasteiger partial charge in [0.05, 0.1) is 12.2 Å². The van der Waals surface area contributed by atoms with Crippen molar-refractivity contribution in [3.63, 3.8) is 0 Å². The summed E-state index contributed by atoms with van der Waals surface area (Å²) in [5.41, 5.74) is 0.693. The number of fused-ring (bicyclic) bond motifs is 5. The molecular formula is C20H27NO3. The van der Waals surface area contributed by atoms with Crippen LogP contribution >= 0.6 is 0 Å². The van der Waals surface area contributed by atoms with Crippen LogP contribution in [0.2, 0.25) is 0 Å². The van der Waals surface area contributed by atoms with Crippen molar-refractivity contribution < 1.29 is 15.0 Å². The molecule has 4 rings (SSSR count). The topological polar surface area (TPSA) is 81.3 Å². The third-order valence-corrected chi connectivity index (χ3v) is 8.24. The SMILES string of the molecule is C[C@]12CC[C@H]3[C@@H](CCC4=C(O)C(=O)C(C#N)C[C@@]43C)[C@@H]1CC[C@@H]2O. The molecule has 3 fully saturated rings. The summed E-state index contributed by atoms with van der Waals surface area (Å²) < 4.78 is 0. The van der Waals surface area contributed by atoms with Crippen molar-refractivity contribution in [3.8, 4) is 6.07 Å². The smallest absolute Gasteiger partial charge is 0.214 e. The molecule has 0 bridgehead atoms. The number of aliphatic hydroxyl groups excluding tert-OH is 2. The monoisotopic (exact) mass is 329 g/mol. The third-order valence-electron chi connectivity index (χ3n) is 8.24. The number of nitrogens with zero attached hydrogens (tertiary/aromatic N) is 1. The molecular weight excluding hydrogens is 302 g/mol. The van der Waals surface area contributed by atoms with E-state index in [1.54, 1.807) is 0 Å². The van der Waals surface area contributed by atoms with Gasteiger partial charge >= 0.3 is 0 Å². The van der Waals surface area contributed by atoms with Crippen LogP contribution in [-0.4, -0.2) is 22.1 Å². The number of nitriles is 1. The Labute approximate surface area is 143 Å². The second-order valence-electron chi connectivity index (χ2n) is 9.05. The highest BCUT2D eigenvalue weighted by atomic mass is 16.3. The number of allylic oxidation sites excluding steroid dienone is 1. The predicted molar refractivity (Wildman–Crippen MR) is 88.8 cm³/mol. The summed E-state index contributed by atoms with van der Waals surface area (Å²) in [7, 11) is 0. The van der Waals surface area contributed by atoms with E-state index in [0.717, 1.165) is 44.1 Å². The summed E-state index contributed by atoms with van der Waals surface area (Å²) in [4.78, 5) is 12.2. The number of aliphatic hydroxyl groups is 2. The minimum absolute atomic E-state index is 0.0277. The first kappa shape index (κ1) is 16.1. The van der Waals surface area contributed by atoms with Crippen molar-refractivity contribution >= 4 is 5.78 Å². The van der Waals surface area contributed by atoms with E-state index < -0.39 is 5.92 Å². The average Bonchev–Trinajstić information content (AvgIpc) is 2.86. The number of carbonyl (C=O) groups is 1. The fourth-order valence-electron chi connectivity index (χ4n) is 6.87. The first-order chi connectivity index (χ1) is 11.3. The van der Waals surface area contributed by atoms with Gasteiger partial charge in [-0.1, -0.05) is 13.8 Å². The quantitative estimate of drug-likeness (QED) is 0.712. The Balaban J connectivity index is 1.74. The Morgan fingerprint density at radius 2 is 1.92 bits per heavy atom. The Morgan fingerprint density at radius 1 is 1.17 bits per heavy atom. The highest BCUT2D eigenvalue weighted by molar-refractivity contribution is 5.98. The zero-order chi connectivity index (χ0) is 17.3. The molecule has 0 saturated heterocycles. The number of hydrogen-bond donors (Lipinski definition) is 2. The van der Waals surface area contributed by atoms with Crippen LogP contribution in [0, 0.1) is 45.8 Å². The molecule has 1 unspecified atom stereocenters. The summed E-state index contributed by atoms with van der Waals surface area (Å²) in [6.07, 6.45) is 6.13. The van der Waals surface area contributed by atoms with E-state index in [4.69, 9.17) is 0 Å². The summed E-state index contributed by atoms with van der Waals surface area (Å²) in [5.74, 6) is 0.282. The van der Waals surface area contributed by atoms with Gasteiger partial charge in [0.15, 0.2) is 5.76 Å². The Kier molecular flexibility index (Phi) is 3.42. The Bertz CT molecular complexity index is 662. The van der Waals surface area contributed by atoms with Gasteiger partial charge in [-0.05, 0) is 79.1 Å². The number of hydrogen-bond acceptors (Lipinski definition) is 4. The van der Waals surface area contributed by atoms with E-state index in [-0.39, 0.29) is 28.5 Å². The van der Waals surface area contributed by atoms with Gasteiger partial charge in [0.1, 0.15) is 5.92 Å². The zero-order valence-corrected chi connectivity index (χ0v) is 14.6. The van der Waals surface area contributed by atoms with Crippen LogP contribution in [0.4, 0.5) is 0 Å². The molecule has 7 atom stereocenters. The molecule has 4 aliphatic rings. The molecule has 0 spiro atoms. The van der Waals surface area contributed by atoms with Gasteiger partial charge < -0.3 is 10.2 Å². The van der Waals surface area contributed by atoms with Gasteiger partial charge in [0.25, 0.3) is 0 Å². The number of rotatable bonds is 0. The molecule has 0 aromatic rings. The molecule has 3 saturated carbocycles. The molecule has 4 heteroatoms. The van der Waals surface area contributed by atoms with Crippen molar-refractivity contribution in [2.45, 2.75) is 64.9 Å². The van der Waals surface area contributed by atoms with Gasteiger partial charge in [-0.15, -0.1) is 0 Å². The summed E-state index contributed by atoms with van der Waals surface area (Å²) in [6, 6.07) is 2.11. The van der Waals surface area contributed by atoms with Crippen molar-refractivity contribution in [2.75, 3.05) is 0 Å². The lowest BCUT2D eigenvalue weighted by Crippen LogP contribution is -2.52. The highest BCUT2D eigenvalue weighted by Gasteiger charge is 2.60. The first-order valence-corrected chi connectivity index (χ1v) is 9.37. The maximum absolute atomic E-state index is 12.2.